The van der Waals surface area contributed by atoms with E-state index in [0.29, 0.717) is 5.88 Å². The minimum absolute atomic E-state index is 0.00575. The van der Waals surface area contributed by atoms with Crippen molar-refractivity contribution in [2.75, 3.05) is 19.7 Å². The maximum atomic E-state index is 5.42. The average molecular weight is 248 g/mol. The number of ether oxygens (including phenoxy) is 1. The van der Waals surface area contributed by atoms with E-state index in [-0.39, 0.29) is 7.92 Å². The molecule has 0 amide bonds. The SMILES string of the molecule is CP(C)COc1ccc(Br)cn1. The van der Waals surface area contributed by atoms with E-state index in [4.69, 9.17) is 4.74 Å². The Balaban J connectivity index is 2.48. The summed E-state index contributed by atoms with van der Waals surface area (Å²) in [5.41, 5.74) is 0. The molecule has 0 aliphatic rings. The van der Waals surface area contributed by atoms with Gasteiger partial charge in [-0.25, -0.2) is 4.98 Å². The molecule has 0 atom stereocenters. The highest BCUT2D eigenvalue weighted by Gasteiger charge is 1.96. The lowest BCUT2D eigenvalue weighted by atomic mass is 10.5. The molecule has 0 N–H and O–H groups in total. The Labute approximate surface area is 82.2 Å². The van der Waals surface area contributed by atoms with Gasteiger partial charge in [0.2, 0.25) is 5.88 Å². The van der Waals surface area contributed by atoms with Crippen LogP contribution in [-0.2, 0) is 0 Å². The first kappa shape index (κ1) is 9.94. The van der Waals surface area contributed by atoms with Crippen LogP contribution in [0.4, 0.5) is 0 Å². The van der Waals surface area contributed by atoms with E-state index < -0.39 is 0 Å². The third-order valence-electron chi connectivity index (χ3n) is 1.17. The van der Waals surface area contributed by atoms with Gasteiger partial charge in [0.05, 0.1) is 0 Å². The van der Waals surface area contributed by atoms with Crippen molar-refractivity contribution in [1.82, 2.24) is 4.98 Å². The molecule has 2 nitrogen and oxygen atoms in total. The molecule has 0 radical (unpaired) electrons. The van der Waals surface area contributed by atoms with Gasteiger partial charge in [-0.3, -0.25) is 0 Å². The van der Waals surface area contributed by atoms with Gasteiger partial charge in [0, 0.05) is 16.7 Å². The molecule has 0 aromatic carbocycles. The summed E-state index contributed by atoms with van der Waals surface area (Å²) in [4.78, 5) is 4.09. The van der Waals surface area contributed by atoms with Crippen molar-refractivity contribution in [2.24, 2.45) is 0 Å². The fraction of sp³-hybridized carbons (Fsp3) is 0.375. The third-order valence-corrected chi connectivity index (χ3v) is 2.29. The van der Waals surface area contributed by atoms with Crippen molar-refractivity contribution >= 4 is 23.9 Å². The van der Waals surface area contributed by atoms with Crippen LogP contribution >= 0.6 is 23.9 Å². The zero-order valence-corrected chi connectivity index (χ0v) is 9.60. The summed E-state index contributed by atoms with van der Waals surface area (Å²) in [6.07, 6.45) is 2.52. The van der Waals surface area contributed by atoms with Crippen molar-refractivity contribution in [2.45, 2.75) is 0 Å². The molecule has 0 saturated heterocycles. The van der Waals surface area contributed by atoms with Gasteiger partial charge in [-0.1, -0.05) is 7.92 Å². The van der Waals surface area contributed by atoms with Crippen LogP contribution in [0.5, 0.6) is 5.88 Å². The number of pyridine rings is 1. The van der Waals surface area contributed by atoms with E-state index in [1.807, 2.05) is 12.1 Å². The second-order valence-electron chi connectivity index (χ2n) is 2.67. The van der Waals surface area contributed by atoms with Gasteiger partial charge >= 0.3 is 0 Å². The highest BCUT2D eigenvalue weighted by molar-refractivity contribution is 9.10. The second kappa shape index (κ2) is 4.78. The molecule has 0 bridgehead atoms. The quantitative estimate of drug-likeness (QED) is 0.767. The topological polar surface area (TPSA) is 22.1 Å². The van der Waals surface area contributed by atoms with E-state index in [1.54, 1.807) is 6.20 Å². The molecule has 0 spiro atoms. The molecule has 0 unspecified atom stereocenters. The Bertz CT molecular complexity index is 237. The van der Waals surface area contributed by atoms with Crippen molar-refractivity contribution < 1.29 is 4.74 Å². The van der Waals surface area contributed by atoms with Crippen LogP contribution < -0.4 is 4.74 Å². The summed E-state index contributed by atoms with van der Waals surface area (Å²) in [6.45, 7) is 4.35. The maximum Gasteiger partial charge on any atom is 0.213 e. The van der Waals surface area contributed by atoms with Crippen molar-refractivity contribution in [3.63, 3.8) is 0 Å². The minimum Gasteiger partial charge on any atom is -0.473 e. The number of hydrogen-bond acceptors (Lipinski definition) is 2. The number of halogens is 1. The second-order valence-corrected chi connectivity index (χ2v) is 6.00. The zero-order valence-electron chi connectivity index (χ0n) is 7.12. The molecule has 4 heteroatoms. The van der Waals surface area contributed by atoms with Gasteiger partial charge in [0.1, 0.15) is 6.35 Å². The largest absolute Gasteiger partial charge is 0.473 e. The van der Waals surface area contributed by atoms with Gasteiger partial charge < -0.3 is 4.74 Å². The van der Waals surface area contributed by atoms with Crippen molar-refractivity contribution in [3.8, 4) is 5.88 Å². The molecule has 0 aliphatic carbocycles. The Morgan fingerprint density at radius 1 is 1.50 bits per heavy atom. The van der Waals surface area contributed by atoms with Crippen LogP contribution in [-0.4, -0.2) is 24.7 Å². The first-order valence-corrected chi connectivity index (χ1v) is 6.79. The highest BCUT2D eigenvalue weighted by atomic mass is 79.9. The third kappa shape index (κ3) is 3.51. The molecule has 0 fully saturated rings. The van der Waals surface area contributed by atoms with Crippen LogP contribution in [0, 0.1) is 0 Å². The standard InChI is InChI=1S/C8H11BrNOP/c1-12(2)6-11-8-4-3-7(9)5-10-8/h3-5H,6H2,1-2H3. The van der Waals surface area contributed by atoms with Crippen LogP contribution in [0.25, 0.3) is 0 Å². The van der Waals surface area contributed by atoms with E-state index in [2.05, 4.69) is 34.2 Å². The Morgan fingerprint density at radius 2 is 2.25 bits per heavy atom. The molecule has 12 heavy (non-hydrogen) atoms. The number of hydrogen-bond donors (Lipinski definition) is 0. The van der Waals surface area contributed by atoms with E-state index >= 15 is 0 Å². The average Bonchev–Trinajstić information content (AvgIpc) is 2.03. The fourth-order valence-electron chi connectivity index (χ4n) is 0.643. The Kier molecular flexibility index (Phi) is 3.96. The van der Waals surface area contributed by atoms with Gasteiger partial charge in [0.15, 0.2) is 0 Å². The molecular weight excluding hydrogens is 237 g/mol. The van der Waals surface area contributed by atoms with Gasteiger partial charge in [-0.05, 0) is 35.3 Å². The van der Waals surface area contributed by atoms with Crippen LogP contribution in [0.15, 0.2) is 22.8 Å². The molecule has 1 aromatic rings. The summed E-state index contributed by atoms with van der Waals surface area (Å²) in [6, 6.07) is 3.79. The molecule has 0 saturated carbocycles. The fourth-order valence-corrected chi connectivity index (χ4v) is 1.27. The van der Waals surface area contributed by atoms with Gasteiger partial charge in [-0.15, -0.1) is 0 Å². The lowest BCUT2D eigenvalue weighted by Gasteiger charge is -2.07. The smallest absolute Gasteiger partial charge is 0.213 e. The van der Waals surface area contributed by atoms with Gasteiger partial charge in [-0.2, -0.15) is 0 Å². The van der Waals surface area contributed by atoms with E-state index in [1.165, 1.54) is 0 Å². The maximum absolute atomic E-state index is 5.42. The Morgan fingerprint density at radius 3 is 2.75 bits per heavy atom. The van der Waals surface area contributed by atoms with Crippen molar-refractivity contribution in [3.05, 3.63) is 22.8 Å². The van der Waals surface area contributed by atoms with E-state index in [0.717, 1.165) is 10.8 Å². The van der Waals surface area contributed by atoms with Gasteiger partial charge in [0.25, 0.3) is 0 Å². The lowest BCUT2D eigenvalue weighted by molar-refractivity contribution is 0.373. The van der Waals surface area contributed by atoms with Crippen LogP contribution in [0.3, 0.4) is 0 Å². The normalized spacial score (nSPS) is 10.3. The number of aromatic nitrogens is 1. The predicted molar refractivity (Wildman–Crippen MR) is 56.2 cm³/mol. The Hall–Kier alpha value is -0.140. The summed E-state index contributed by atoms with van der Waals surface area (Å²) in [5.74, 6) is 0.703. The number of nitrogens with zero attached hydrogens (tertiary/aromatic N) is 1. The number of rotatable bonds is 3. The zero-order chi connectivity index (χ0) is 8.97. The minimum atomic E-state index is -0.00575. The lowest BCUT2D eigenvalue weighted by Crippen LogP contribution is -1.95. The molecule has 66 valence electrons. The summed E-state index contributed by atoms with van der Waals surface area (Å²) in [7, 11) is -0.00575. The molecule has 1 aromatic heterocycles. The first-order valence-electron chi connectivity index (χ1n) is 3.57. The molecular formula is C8H11BrNOP. The molecule has 1 rings (SSSR count). The summed E-state index contributed by atoms with van der Waals surface area (Å²) < 4.78 is 6.40. The van der Waals surface area contributed by atoms with Crippen molar-refractivity contribution in [1.29, 1.82) is 0 Å². The monoisotopic (exact) mass is 247 g/mol. The summed E-state index contributed by atoms with van der Waals surface area (Å²) in [5, 5.41) is 0. The van der Waals surface area contributed by atoms with Crippen LogP contribution in [0.1, 0.15) is 0 Å². The molecule has 1 heterocycles. The summed E-state index contributed by atoms with van der Waals surface area (Å²) >= 11 is 3.31. The van der Waals surface area contributed by atoms with Crippen LogP contribution in [0.2, 0.25) is 0 Å². The van der Waals surface area contributed by atoms with E-state index in [9.17, 15) is 0 Å². The molecule has 0 aliphatic heterocycles. The first-order chi connectivity index (χ1) is 5.68. The predicted octanol–water partition coefficient (Wildman–Crippen LogP) is 2.92. The highest BCUT2D eigenvalue weighted by Crippen LogP contribution is 2.24.